The molecule has 0 heterocycles. The van der Waals surface area contributed by atoms with Gasteiger partial charge in [0.1, 0.15) is 0 Å². The Bertz CT molecular complexity index is 409. The molecule has 0 unspecified atom stereocenters. The highest BCUT2D eigenvalue weighted by Crippen LogP contribution is 2.20. The monoisotopic (exact) mass is 248 g/mol. The molecule has 1 N–H and O–H groups in total. The van der Waals surface area contributed by atoms with Crippen molar-refractivity contribution in [2.45, 2.75) is 39.7 Å². The molecular formula is C15H24N2O. The van der Waals surface area contributed by atoms with E-state index in [0.29, 0.717) is 6.04 Å². The van der Waals surface area contributed by atoms with Crippen LogP contribution in [0.25, 0.3) is 0 Å². The number of nitrogens with zero attached hydrogens (tertiary/aromatic N) is 1. The number of benzene rings is 1. The van der Waals surface area contributed by atoms with E-state index < -0.39 is 0 Å². The summed E-state index contributed by atoms with van der Waals surface area (Å²) >= 11 is 0. The molecule has 0 aliphatic rings. The van der Waals surface area contributed by atoms with E-state index in [2.05, 4.69) is 26.1 Å². The zero-order chi connectivity index (χ0) is 13.7. The number of anilines is 1. The average Bonchev–Trinajstić information content (AvgIpc) is 2.36. The number of carbonyl (C=O) groups excluding carboxylic acids is 1. The molecule has 3 heteroatoms. The minimum Gasteiger partial charge on any atom is -0.382 e. The largest absolute Gasteiger partial charge is 0.382 e. The van der Waals surface area contributed by atoms with Gasteiger partial charge in [-0.15, -0.1) is 0 Å². The lowest BCUT2D eigenvalue weighted by atomic mass is 10.1. The third-order valence-electron chi connectivity index (χ3n) is 3.24. The second-order valence-electron chi connectivity index (χ2n) is 4.89. The van der Waals surface area contributed by atoms with Crippen LogP contribution in [0.4, 0.5) is 5.69 Å². The first-order valence-electron chi connectivity index (χ1n) is 6.58. The van der Waals surface area contributed by atoms with Crippen molar-refractivity contribution in [3.63, 3.8) is 0 Å². The van der Waals surface area contributed by atoms with E-state index in [0.717, 1.165) is 24.1 Å². The Morgan fingerprint density at radius 1 is 1.28 bits per heavy atom. The lowest BCUT2D eigenvalue weighted by Crippen LogP contribution is -2.22. The van der Waals surface area contributed by atoms with Crippen LogP contribution in [-0.4, -0.2) is 30.9 Å². The van der Waals surface area contributed by atoms with Gasteiger partial charge in [0.15, 0.2) is 0 Å². The van der Waals surface area contributed by atoms with Crippen LogP contribution in [0.5, 0.6) is 0 Å². The zero-order valence-corrected chi connectivity index (χ0v) is 12.1. The predicted molar refractivity (Wildman–Crippen MR) is 77.2 cm³/mol. The van der Waals surface area contributed by atoms with Gasteiger partial charge in [-0.2, -0.15) is 0 Å². The maximum atomic E-state index is 11.9. The van der Waals surface area contributed by atoms with Crippen LogP contribution in [0.1, 0.15) is 42.6 Å². The predicted octanol–water partition coefficient (Wildman–Crippen LogP) is 3.30. The fraction of sp³-hybridized carbons (Fsp3) is 0.533. The molecule has 100 valence electrons. The molecule has 1 aromatic carbocycles. The van der Waals surface area contributed by atoms with E-state index >= 15 is 0 Å². The summed E-state index contributed by atoms with van der Waals surface area (Å²) in [4.78, 5) is 13.5. The summed E-state index contributed by atoms with van der Waals surface area (Å²) in [5, 5.41) is 3.51. The maximum absolute atomic E-state index is 11.9. The van der Waals surface area contributed by atoms with Crippen LogP contribution < -0.4 is 5.32 Å². The van der Waals surface area contributed by atoms with E-state index in [1.54, 1.807) is 19.0 Å². The molecule has 0 saturated carbocycles. The molecule has 1 rings (SSSR count). The van der Waals surface area contributed by atoms with Crippen molar-refractivity contribution in [1.29, 1.82) is 0 Å². The van der Waals surface area contributed by atoms with Gasteiger partial charge in [0, 0.05) is 31.4 Å². The van der Waals surface area contributed by atoms with Gasteiger partial charge in [0.25, 0.3) is 5.91 Å². The lowest BCUT2D eigenvalue weighted by molar-refractivity contribution is 0.0827. The third-order valence-corrected chi connectivity index (χ3v) is 3.24. The highest BCUT2D eigenvalue weighted by molar-refractivity contribution is 5.95. The minimum atomic E-state index is 0.0441. The van der Waals surface area contributed by atoms with E-state index in [4.69, 9.17) is 0 Å². The Labute approximate surface area is 110 Å². The van der Waals surface area contributed by atoms with Gasteiger partial charge in [0.05, 0.1) is 0 Å². The molecule has 0 aliphatic heterocycles. The number of amides is 1. The molecule has 0 atom stereocenters. The smallest absolute Gasteiger partial charge is 0.253 e. The van der Waals surface area contributed by atoms with Gasteiger partial charge in [-0.05, 0) is 37.5 Å². The van der Waals surface area contributed by atoms with E-state index in [1.165, 1.54) is 5.56 Å². The quantitative estimate of drug-likeness (QED) is 0.867. The van der Waals surface area contributed by atoms with Crippen LogP contribution in [0, 0.1) is 6.92 Å². The molecule has 0 spiro atoms. The highest BCUT2D eigenvalue weighted by Gasteiger charge is 2.11. The van der Waals surface area contributed by atoms with Crippen LogP contribution in [-0.2, 0) is 0 Å². The molecule has 1 aromatic rings. The molecular weight excluding hydrogens is 224 g/mol. The average molecular weight is 248 g/mol. The summed E-state index contributed by atoms with van der Waals surface area (Å²) in [7, 11) is 3.55. The highest BCUT2D eigenvalue weighted by atomic mass is 16.2. The number of carbonyl (C=O) groups is 1. The topological polar surface area (TPSA) is 32.3 Å². The van der Waals surface area contributed by atoms with Crippen molar-refractivity contribution in [3.05, 3.63) is 29.3 Å². The summed E-state index contributed by atoms with van der Waals surface area (Å²) in [5.41, 5.74) is 2.98. The van der Waals surface area contributed by atoms with E-state index in [9.17, 15) is 4.79 Å². The fourth-order valence-corrected chi connectivity index (χ4v) is 1.88. The summed E-state index contributed by atoms with van der Waals surface area (Å²) in [6.45, 7) is 6.41. The third kappa shape index (κ3) is 3.49. The molecule has 3 nitrogen and oxygen atoms in total. The normalized spacial score (nSPS) is 10.6. The molecule has 0 bridgehead atoms. The van der Waals surface area contributed by atoms with Gasteiger partial charge in [-0.25, -0.2) is 0 Å². The molecule has 0 fully saturated rings. The Morgan fingerprint density at radius 3 is 2.39 bits per heavy atom. The Hall–Kier alpha value is -1.51. The van der Waals surface area contributed by atoms with Gasteiger partial charge >= 0.3 is 0 Å². The second kappa shape index (κ2) is 6.43. The summed E-state index contributed by atoms with van der Waals surface area (Å²) in [5.74, 6) is 0.0441. The summed E-state index contributed by atoms with van der Waals surface area (Å²) in [6, 6.07) is 6.31. The van der Waals surface area contributed by atoms with Crippen LogP contribution in [0.2, 0.25) is 0 Å². The second-order valence-corrected chi connectivity index (χ2v) is 4.89. The first kappa shape index (κ1) is 14.6. The van der Waals surface area contributed by atoms with Crippen molar-refractivity contribution in [2.24, 2.45) is 0 Å². The number of hydrogen-bond donors (Lipinski definition) is 1. The van der Waals surface area contributed by atoms with Gasteiger partial charge in [-0.3, -0.25) is 4.79 Å². The van der Waals surface area contributed by atoms with Crippen LogP contribution in [0.15, 0.2) is 18.2 Å². The summed E-state index contributed by atoms with van der Waals surface area (Å²) < 4.78 is 0. The zero-order valence-electron chi connectivity index (χ0n) is 12.1. The van der Waals surface area contributed by atoms with Crippen LogP contribution in [0.3, 0.4) is 0 Å². The number of rotatable bonds is 5. The Balaban J connectivity index is 2.97. The van der Waals surface area contributed by atoms with Gasteiger partial charge < -0.3 is 10.2 Å². The minimum absolute atomic E-state index is 0.0441. The molecule has 1 amide bonds. The molecule has 0 aromatic heterocycles. The van der Waals surface area contributed by atoms with Crippen molar-refractivity contribution in [2.75, 3.05) is 19.4 Å². The lowest BCUT2D eigenvalue weighted by Gasteiger charge is -2.19. The molecule has 0 saturated heterocycles. The Morgan fingerprint density at radius 2 is 1.89 bits per heavy atom. The van der Waals surface area contributed by atoms with E-state index in [1.807, 2.05) is 18.2 Å². The van der Waals surface area contributed by atoms with Crippen molar-refractivity contribution >= 4 is 11.6 Å². The number of aryl methyl sites for hydroxylation is 1. The SMILES string of the molecule is CCC(CC)Nc1cc(C(=O)N(C)C)ccc1C. The summed E-state index contributed by atoms with van der Waals surface area (Å²) in [6.07, 6.45) is 2.17. The Kier molecular flexibility index (Phi) is 5.20. The van der Waals surface area contributed by atoms with Crippen molar-refractivity contribution in [1.82, 2.24) is 4.90 Å². The first-order chi connectivity index (χ1) is 8.49. The molecule has 18 heavy (non-hydrogen) atoms. The first-order valence-corrected chi connectivity index (χ1v) is 6.58. The number of hydrogen-bond acceptors (Lipinski definition) is 2. The van der Waals surface area contributed by atoms with Gasteiger partial charge in [-0.1, -0.05) is 19.9 Å². The molecule has 0 radical (unpaired) electrons. The van der Waals surface area contributed by atoms with E-state index in [-0.39, 0.29) is 5.91 Å². The standard InChI is InChI=1S/C15H24N2O/c1-6-13(7-2)16-14-10-12(9-8-11(14)3)15(18)17(4)5/h8-10,13,16H,6-7H2,1-5H3. The van der Waals surface area contributed by atoms with Crippen molar-refractivity contribution in [3.8, 4) is 0 Å². The van der Waals surface area contributed by atoms with Gasteiger partial charge in [0.2, 0.25) is 0 Å². The fourth-order valence-electron chi connectivity index (χ4n) is 1.88. The molecule has 0 aliphatic carbocycles. The van der Waals surface area contributed by atoms with Crippen molar-refractivity contribution < 1.29 is 4.79 Å². The maximum Gasteiger partial charge on any atom is 0.253 e. The van der Waals surface area contributed by atoms with Crippen LogP contribution >= 0.6 is 0 Å². The number of nitrogens with one attached hydrogen (secondary N) is 1.